The van der Waals surface area contributed by atoms with E-state index in [0.29, 0.717) is 6.54 Å². The van der Waals surface area contributed by atoms with Gasteiger partial charge in [-0.15, -0.1) is 12.4 Å². The first-order valence-corrected chi connectivity index (χ1v) is 6.83. The summed E-state index contributed by atoms with van der Waals surface area (Å²) in [6.45, 7) is 4.87. The van der Waals surface area contributed by atoms with E-state index in [0.717, 1.165) is 18.4 Å². The lowest BCUT2D eigenvalue weighted by Gasteiger charge is -2.14. The van der Waals surface area contributed by atoms with Crippen molar-refractivity contribution in [3.8, 4) is 0 Å². The predicted molar refractivity (Wildman–Crippen MR) is 83.4 cm³/mol. The van der Waals surface area contributed by atoms with Crippen LogP contribution in [0.3, 0.4) is 0 Å². The van der Waals surface area contributed by atoms with Gasteiger partial charge in [-0.05, 0) is 18.4 Å². The molecular formula is C16H21ClN2O. The summed E-state index contributed by atoms with van der Waals surface area (Å²) in [5, 5.41) is 0. The molecule has 0 fully saturated rings. The number of carbonyl (C=O) groups excluding carboxylic acids is 1. The van der Waals surface area contributed by atoms with Crippen LogP contribution in [0, 0.1) is 5.92 Å². The maximum Gasteiger partial charge on any atom is 0.167 e. The van der Waals surface area contributed by atoms with E-state index in [1.807, 2.05) is 35.0 Å². The zero-order valence-electron chi connectivity index (χ0n) is 12.0. The van der Waals surface area contributed by atoms with Crippen molar-refractivity contribution in [2.75, 3.05) is 0 Å². The minimum absolute atomic E-state index is 0. The van der Waals surface area contributed by atoms with Gasteiger partial charge in [0.1, 0.15) is 0 Å². The van der Waals surface area contributed by atoms with E-state index in [-0.39, 0.29) is 24.1 Å². The summed E-state index contributed by atoms with van der Waals surface area (Å²) < 4.78 is 1.96. The molecule has 0 aliphatic heterocycles. The smallest absolute Gasteiger partial charge is 0.167 e. The molecule has 4 heteroatoms. The third kappa shape index (κ3) is 3.94. The van der Waals surface area contributed by atoms with Gasteiger partial charge in [0.05, 0.1) is 6.33 Å². The van der Waals surface area contributed by atoms with Crippen LogP contribution in [-0.4, -0.2) is 15.3 Å². The van der Waals surface area contributed by atoms with Gasteiger partial charge < -0.3 is 4.57 Å². The molecule has 1 unspecified atom stereocenters. The fourth-order valence-corrected chi connectivity index (χ4v) is 2.19. The highest BCUT2D eigenvalue weighted by Crippen LogP contribution is 2.15. The van der Waals surface area contributed by atoms with E-state index in [1.165, 1.54) is 5.56 Å². The molecule has 2 rings (SSSR count). The second-order valence-electron chi connectivity index (χ2n) is 4.78. The molecule has 1 atom stereocenters. The van der Waals surface area contributed by atoms with Crippen LogP contribution in [0.1, 0.15) is 36.2 Å². The number of halogens is 1. The molecule has 3 nitrogen and oxygen atoms in total. The Labute approximate surface area is 126 Å². The molecule has 1 aromatic heterocycles. The Kier molecular flexibility index (Phi) is 6.46. The molecule has 1 heterocycles. The lowest BCUT2D eigenvalue weighted by atomic mass is 9.94. The van der Waals surface area contributed by atoms with E-state index in [1.54, 1.807) is 12.5 Å². The number of hydrogen-bond donors (Lipinski definition) is 0. The normalized spacial score (nSPS) is 11.7. The van der Waals surface area contributed by atoms with E-state index < -0.39 is 0 Å². The highest BCUT2D eigenvalue weighted by Gasteiger charge is 2.18. The van der Waals surface area contributed by atoms with Crippen molar-refractivity contribution < 1.29 is 4.79 Å². The van der Waals surface area contributed by atoms with Crippen LogP contribution in [0.5, 0.6) is 0 Å². The molecule has 0 aliphatic rings. The van der Waals surface area contributed by atoms with Crippen molar-refractivity contribution in [2.45, 2.75) is 33.2 Å². The Hall–Kier alpha value is -1.61. The molecule has 20 heavy (non-hydrogen) atoms. The number of benzene rings is 1. The predicted octanol–water partition coefficient (Wildman–Crippen LogP) is 3.78. The summed E-state index contributed by atoms with van der Waals surface area (Å²) in [5.74, 6) is 0.237. The first-order valence-electron chi connectivity index (χ1n) is 6.83. The third-order valence-electron chi connectivity index (χ3n) is 3.50. The molecule has 0 aliphatic carbocycles. The summed E-state index contributed by atoms with van der Waals surface area (Å²) in [6, 6.07) is 7.96. The number of carbonyl (C=O) groups is 1. The molecule has 0 saturated heterocycles. The maximum absolute atomic E-state index is 12.5. The van der Waals surface area contributed by atoms with Crippen molar-refractivity contribution in [3.05, 3.63) is 54.1 Å². The summed E-state index contributed by atoms with van der Waals surface area (Å²) in [4.78, 5) is 16.5. The van der Waals surface area contributed by atoms with E-state index >= 15 is 0 Å². The Morgan fingerprint density at radius 1 is 1.25 bits per heavy atom. The summed E-state index contributed by atoms with van der Waals surface area (Å²) >= 11 is 0. The first kappa shape index (κ1) is 16.4. The van der Waals surface area contributed by atoms with Gasteiger partial charge in [-0.3, -0.25) is 4.79 Å². The Morgan fingerprint density at radius 3 is 2.45 bits per heavy atom. The van der Waals surface area contributed by atoms with E-state index in [9.17, 15) is 4.79 Å². The van der Waals surface area contributed by atoms with E-state index in [4.69, 9.17) is 0 Å². The van der Waals surface area contributed by atoms with Gasteiger partial charge in [0, 0.05) is 30.4 Å². The van der Waals surface area contributed by atoms with Crippen LogP contribution in [-0.2, 0) is 13.0 Å². The second kappa shape index (κ2) is 7.85. The van der Waals surface area contributed by atoms with Gasteiger partial charge in [-0.1, -0.05) is 38.1 Å². The molecule has 1 aromatic carbocycles. The Balaban J connectivity index is 0.00000200. The van der Waals surface area contributed by atoms with Crippen LogP contribution < -0.4 is 0 Å². The standard InChI is InChI=1S/C16H20N2O.ClH/c1-3-13-5-7-15(8-6-13)16(19)14(4-2)11-18-10-9-17-12-18;/h5-10,12,14H,3-4,11H2,1-2H3;1H. The molecule has 0 radical (unpaired) electrons. The number of rotatable bonds is 6. The molecular weight excluding hydrogens is 272 g/mol. The quantitative estimate of drug-likeness (QED) is 0.760. The van der Waals surface area contributed by atoms with Crippen molar-refractivity contribution in [3.63, 3.8) is 0 Å². The van der Waals surface area contributed by atoms with Crippen LogP contribution in [0.2, 0.25) is 0 Å². The molecule has 2 aromatic rings. The minimum atomic E-state index is 0. The van der Waals surface area contributed by atoms with Gasteiger partial charge in [0.25, 0.3) is 0 Å². The Bertz CT molecular complexity index is 520. The number of nitrogens with zero attached hydrogens (tertiary/aromatic N) is 2. The maximum atomic E-state index is 12.5. The fraction of sp³-hybridized carbons (Fsp3) is 0.375. The number of imidazole rings is 1. The second-order valence-corrected chi connectivity index (χ2v) is 4.78. The zero-order valence-corrected chi connectivity index (χ0v) is 12.8. The molecule has 108 valence electrons. The summed E-state index contributed by atoms with van der Waals surface area (Å²) in [6.07, 6.45) is 7.24. The highest BCUT2D eigenvalue weighted by molar-refractivity contribution is 5.97. The lowest BCUT2D eigenvalue weighted by molar-refractivity contribution is 0.0903. The van der Waals surface area contributed by atoms with Crippen LogP contribution in [0.4, 0.5) is 0 Å². The van der Waals surface area contributed by atoms with Crippen LogP contribution in [0.15, 0.2) is 43.0 Å². The molecule has 0 spiro atoms. The van der Waals surface area contributed by atoms with Crippen molar-refractivity contribution in [1.82, 2.24) is 9.55 Å². The number of Topliss-reactive ketones (excluding diaryl/α,β-unsaturated/α-hetero) is 1. The zero-order chi connectivity index (χ0) is 13.7. The third-order valence-corrected chi connectivity index (χ3v) is 3.50. The number of hydrogen-bond acceptors (Lipinski definition) is 2. The average molecular weight is 293 g/mol. The topological polar surface area (TPSA) is 34.9 Å². The first-order chi connectivity index (χ1) is 9.24. The number of aryl methyl sites for hydroxylation is 1. The lowest BCUT2D eigenvalue weighted by Crippen LogP contribution is -2.19. The number of aromatic nitrogens is 2. The number of ketones is 1. The summed E-state index contributed by atoms with van der Waals surface area (Å²) in [7, 11) is 0. The van der Waals surface area contributed by atoms with Crippen molar-refractivity contribution in [2.24, 2.45) is 5.92 Å². The SMILES string of the molecule is CCc1ccc(C(=O)C(CC)Cn2ccnc2)cc1.Cl. The summed E-state index contributed by atoms with van der Waals surface area (Å²) in [5.41, 5.74) is 2.07. The minimum Gasteiger partial charge on any atom is -0.337 e. The monoisotopic (exact) mass is 292 g/mol. The van der Waals surface area contributed by atoms with Gasteiger partial charge in [0.15, 0.2) is 5.78 Å². The average Bonchev–Trinajstić information content (AvgIpc) is 2.97. The molecule has 0 bridgehead atoms. The van der Waals surface area contributed by atoms with Crippen LogP contribution in [0.25, 0.3) is 0 Å². The fourth-order valence-electron chi connectivity index (χ4n) is 2.19. The van der Waals surface area contributed by atoms with Gasteiger partial charge in [-0.25, -0.2) is 4.98 Å². The van der Waals surface area contributed by atoms with Crippen molar-refractivity contribution in [1.29, 1.82) is 0 Å². The molecule has 0 amide bonds. The van der Waals surface area contributed by atoms with Gasteiger partial charge in [-0.2, -0.15) is 0 Å². The van der Waals surface area contributed by atoms with Gasteiger partial charge in [0.2, 0.25) is 0 Å². The van der Waals surface area contributed by atoms with Gasteiger partial charge >= 0.3 is 0 Å². The molecule has 0 N–H and O–H groups in total. The van der Waals surface area contributed by atoms with Crippen LogP contribution >= 0.6 is 12.4 Å². The van der Waals surface area contributed by atoms with E-state index in [2.05, 4.69) is 18.8 Å². The van der Waals surface area contributed by atoms with Crippen molar-refractivity contribution >= 4 is 18.2 Å². The molecule has 0 saturated carbocycles. The largest absolute Gasteiger partial charge is 0.337 e. The highest BCUT2D eigenvalue weighted by atomic mass is 35.5. The Morgan fingerprint density at radius 2 is 1.95 bits per heavy atom.